The third-order valence-corrected chi connectivity index (χ3v) is 1.86. The van der Waals surface area contributed by atoms with Crippen molar-refractivity contribution in [3.63, 3.8) is 0 Å². The molecule has 0 spiro atoms. The number of carbonyl (C=O) groups is 1. The Kier molecular flexibility index (Phi) is 6.49. The highest BCUT2D eigenvalue weighted by atomic mass is 16.6. The van der Waals surface area contributed by atoms with Gasteiger partial charge in [0.25, 0.3) is 0 Å². The summed E-state index contributed by atoms with van der Waals surface area (Å²) < 4.78 is 4.15. The highest BCUT2D eigenvalue weighted by Crippen LogP contribution is 2.09. The Balaban J connectivity index is 4.35. The molecule has 0 aliphatic rings. The fourth-order valence-electron chi connectivity index (χ4n) is 0.946. The maximum absolute atomic E-state index is 10.4. The largest absolute Gasteiger partial charge is 0.441 e. The molecule has 1 unspecified atom stereocenters. The zero-order valence-corrected chi connectivity index (χ0v) is 8.59. The van der Waals surface area contributed by atoms with Crippen molar-refractivity contribution in [1.29, 1.82) is 0 Å². The third-order valence-electron chi connectivity index (χ3n) is 1.86. The third kappa shape index (κ3) is 4.43. The lowest BCUT2D eigenvalue weighted by molar-refractivity contribution is -0.188. The molecule has 0 aromatic carbocycles. The first-order chi connectivity index (χ1) is 7.31. The quantitative estimate of drug-likeness (QED) is 0.200. The second-order valence-electron chi connectivity index (χ2n) is 3.22. The number of carbonyl (C=O) groups excluding carboxylic acids is 1. The zero-order valence-electron chi connectivity index (χ0n) is 8.59. The van der Waals surface area contributed by atoms with E-state index in [1.54, 1.807) is 0 Å². The summed E-state index contributed by atoms with van der Waals surface area (Å²) in [5, 5.41) is 54.1. The molecule has 16 heavy (non-hydrogen) atoms. The molecular weight excluding hydrogens is 223 g/mol. The van der Waals surface area contributed by atoms with Crippen molar-refractivity contribution in [1.82, 2.24) is 0 Å². The van der Waals surface area contributed by atoms with E-state index in [1.165, 1.54) is 0 Å². The Hall–Kier alpha value is -0.705. The Morgan fingerprint density at radius 3 is 1.94 bits per heavy atom. The van der Waals surface area contributed by atoms with Crippen molar-refractivity contribution in [3.05, 3.63) is 0 Å². The van der Waals surface area contributed by atoms with Gasteiger partial charge < -0.3 is 35.4 Å². The van der Waals surface area contributed by atoms with E-state index < -0.39 is 43.2 Å². The number of aliphatic hydroxyl groups excluding tert-OH is 6. The average molecular weight is 238 g/mol. The van der Waals surface area contributed by atoms with Crippen LogP contribution in [-0.4, -0.2) is 81.7 Å². The minimum absolute atomic E-state index is 0.839. The maximum Gasteiger partial charge on any atom is 0.245 e. The molecule has 0 bridgehead atoms. The van der Waals surface area contributed by atoms with E-state index in [0.29, 0.717) is 0 Å². The summed E-state index contributed by atoms with van der Waals surface area (Å²) >= 11 is 0. The molecule has 0 aromatic rings. The van der Waals surface area contributed by atoms with Crippen molar-refractivity contribution in [2.75, 3.05) is 6.61 Å². The predicted octanol–water partition coefficient (Wildman–Crippen LogP) is -4.49. The molecule has 0 aromatic heterocycles. The van der Waals surface area contributed by atoms with Gasteiger partial charge >= 0.3 is 0 Å². The van der Waals surface area contributed by atoms with E-state index in [4.69, 9.17) is 20.4 Å². The van der Waals surface area contributed by atoms with Crippen LogP contribution in [0.4, 0.5) is 4.79 Å². The molecule has 0 amide bonds. The topological polar surface area (TPSA) is 148 Å². The van der Waals surface area contributed by atoms with Crippen LogP contribution >= 0.6 is 0 Å². The number of rotatable bonds is 6. The van der Waals surface area contributed by atoms with Gasteiger partial charge in [0.15, 0.2) is 0 Å². The Labute approximate surface area is 92.1 Å². The smallest absolute Gasteiger partial charge is 0.245 e. The van der Waals surface area contributed by atoms with Crippen LogP contribution in [0.3, 0.4) is 0 Å². The normalized spacial score (nSPS) is 20.6. The molecule has 0 aliphatic carbocycles. The van der Waals surface area contributed by atoms with Crippen LogP contribution in [-0.2, 0) is 4.74 Å². The molecular formula is C7H15BO8. The lowest BCUT2D eigenvalue weighted by Gasteiger charge is -2.27. The van der Waals surface area contributed by atoms with Crippen LogP contribution in [0.1, 0.15) is 0 Å². The van der Waals surface area contributed by atoms with Crippen molar-refractivity contribution in [2.45, 2.75) is 30.7 Å². The van der Waals surface area contributed by atoms with Crippen LogP contribution in [0.15, 0.2) is 0 Å². The first-order valence-corrected chi connectivity index (χ1v) is 4.49. The summed E-state index contributed by atoms with van der Waals surface area (Å²) in [6.07, 6.45) is -9.58. The van der Waals surface area contributed by atoms with Crippen LogP contribution < -0.4 is 0 Å². The highest BCUT2D eigenvalue weighted by molar-refractivity contribution is 6.55. The van der Waals surface area contributed by atoms with Crippen molar-refractivity contribution in [3.8, 4) is 0 Å². The van der Waals surface area contributed by atoms with Crippen molar-refractivity contribution >= 4 is 13.7 Å². The lowest BCUT2D eigenvalue weighted by atomic mass is 10.0. The minimum Gasteiger partial charge on any atom is -0.441 e. The summed E-state index contributed by atoms with van der Waals surface area (Å²) in [4.78, 5) is 10.4. The average Bonchev–Trinajstić information content (AvgIpc) is 2.23. The van der Waals surface area contributed by atoms with Crippen LogP contribution in [0.5, 0.6) is 0 Å². The molecule has 8 nitrogen and oxygen atoms in total. The molecule has 0 saturated heterocycles. The van der Waals surface area contributed by atoms with Gasteiger partial charge in [-0.15, -0.1) is 0 Å². The Morgan fingerprint density at radius 1 is 1.06 bits per heavy atom. The molecule has 0 fully saturated rings. The molecule has 5 atom stereocenters. The van der Waals surface area contributed by atoms with E-state index in [1.807, 2.05) is 0 Å². The summed E-state index contributed by atoms with van der Waals surface area (Å²) in [5.41, 5.74) is 0. The van der Waals surface area contributed by atoms with Crippen molar-refractivity contribution in [2.24, 2.45) is 0 Å². The van der Waals surface area contributed by atoms with E-state index >= 15 is 0 Å². The molecule has 9 heteroatoms. The maximum atomic E-state index is 10.4. The van der Waals surface area contributed by atoms with Crippen LogP contribution in [0.25, 0.3) is 0 Å². The summed E-state index contributed by atoms with van der Waals surface area (Å²) in [6, 6.07) is 0. The van der Waals surface area contributed by atoms with Gasteiger partial charge in [0.2, 0.25) is 20.0 Å². The van der Waals surface area contributed by atoms with E-state index in [9.17, 15) is 15.0 Å². The second-order valence-corrected chi connectivity index (χ2v) is 3.22. The monoisotopic (exact) mass is 238 g/mol. The summed E-state index contributed by atoms with van der Waals surface area (Å²) in [5.74, 6) is -0.893. The van der Waals surface area contributed by atoms with Crippen LogP contribution in [0.2, 0.25) is 0 Å². The van der Waals surface area contributed by atoms with E-state index in [0.717, 1.165) is 7.85 Å². The first-order valence-electron chi connectivity index (χ1n) is 4.49. The fraction of sp³-hybridized carbons (Fsp3) is 0.857. The summed E-state index contributed by atoms with van der Waals surface area (Å²) in [7, 11) is 0.974. The van der Waals surface area contributed by atoms with Gasteiger partial charge in [-0.05, 0) is 0 Å². The van der Waals surface area contributed by atoms with Gasteiger partial charge in [0.05, 0.1) is 6.61 Å². The van der Waals surface area contributed by atoms with Gasteiger partial charge in [0.1, 0.15) is 24.4 Å². The Morgan fingerprint density at radius 2 is 1.56 bits per heavy atom. The zero-order chi connectivity index (χ0) is 12.9. The molecule has 6 N–H and O–H groups in total. The standard InChI is InChI=1S/C7H15BO8/c8-7(15)16-6(14)5(13)4(12)3(11)2(10)1-9/h2-6,9-14H,1,8H2/t2-,3-,4+,5+,6?/m1/s1. The number of ether oxygens (including phenoxy) is 1. The Bertz CT molecular complexity index is 224. The van der Waals surface area contributed by atoms with Gasteiger partial charge in [-0.2, -0.15) is 0 Å². The van der Waals surface area contributed by atoms with Gasteiger partial charge in [-0.3, -0.25) is 4.79 Å². The second kappa shape index (κ2) is 6.79. The molecule has 0 heterocycles. The molecule has 0 radical (unpaired) electrons. The molecule has 0 saturated carbocycles. The molecule has 0 aliphatic heterocycles. The van der Waals surface area contributed by atoms with E-state index in [2.05, 4.69) is 4.74 Å². The van der Waals surface area contributed by atoms with Gasteiger partial charge in [-0.25, -0.2) is 0 Å². The minimum atomic E-state index is -2.03. The SMILES string of the molecule is BC(=O)OC(O)[C@@H](O)[C@@H](O)[C@H](O)[C@H](O)CO. The van der Waals surface area contributed by atoms with E-state index in [-0.39, 0.29) is 0 Å². The highest BCUT2D eigenvalue weighted by Gasteiger charge is 2.35. The summed E-state index contributed by atoms with van der Waals surface area (Å²) in [6.45, 7) is -0.839. The predicted molar refractivity (Wildman–Crippen MR) is 52.1 cm³/mol. The number of aliphatic hydroxyl groups is 6. The van der Waals surface area contributed by atoms with Gasteiger partial charge in [-0.1, -0.05) is 0 Å². The fourth-order valence-corrected chi connectivity index (χ4v) is 0.946. The van der Waals surface area contributed by atoms with Gasteiger partial charge in [0, 0.05) is 0 Å². The number of hydrogen-bond donors (Lipinski definition) is 6. The molecule has 94 valence electrons. The van der Waals surface area contributed by atoms with Crippen molar-refractivity contribution < 1.29 is 40.2 Å². The lowest BCUT2D eigenvalue weighted by Crippen LogP contribution is -2.50. The molecule has 0 rings (SSSR count). The van der Waals surface area contributed by atoms with Crippen LogP contribution in [0, 0.1) is 0 Å². The first kappa shape index (κ1) is 15.3. The number of hydrogen-bond acceptors (Lipinski definition) is 8.